The van der Waals surface area contributed by atoms with E-state index in [1.807, 2.05) is 0 Å². The van der Waals surface area contributed by atoms with E-state index in [4.69, 9.17) is 0 Å². The third-order valence-corrected chi connectivity index (χ3v) is 1.57. The van der Waals surface area contributed by atoms with Crippen molar-refractivity contribution < 1.29 is 9.53 Å². The van der Waals surface area contributed by atoms with Gasteiger partial charge in [-0.3, -0.25) is 0 Å². The predicted molar refractivity (Wildman–Crippen MR) is 49.5 cm³/mol. The van der Waals surface area contributed by atoms with E-state index in [9.17, 15) is 4.79 Å². The summed E-state index contributed by atoms with van der Waals surface area (Å²) in [6.45, 7) is 4.07. The predicted octanol–water partition coefficient (Wildman–Crippen LogP) is 2.60. The summed E-state index contributed by atoms with van der Waals surface area (Å²) in [6, 6.07) is 0. The minimum absolute atomic E-state index is 0.488. The lowest BCUT2D eigenvalue weighted by Gasteiger charge is -1.93. The van der Waals surface area contributed by atoms with Crippen LogP contribution in [0.1, 0.15) is 39.0 Å². The summed E-state index contributed by atoms with van der Waals surface area (Å²) >= 11 is 0. The highest BCUT2D eigenvalue weighted by Gasteiger charge is 1.84. The maximum Gasteiger partial charge on any atom is 0.417 e. The molecule has 0 unspecified atom stereocenters. The van der Waals surface area contributed by atoms with Gasteiger partial charge in [-0.15, -0.1) is 0 Å². The first kappa shape index (κ1) is 11.2. The molecule has 2 nitrogen and oxygen atoms in total. The number of unbranched alkanes of at least 4 members (excludes halogenated alkanes) is 3. The summed E-state index contributed by atoms with van der Waals surface area (Å²) in [5.74, 6) is 0. The van der Waals surface area contributed by atoms with Gasteiger partial charge in [0.1, 0.15) is 0 Å². The molecule has 0 spiro atoms. The molecule has 12 heavy (non-hydrogen) atoms. The SMILES string of the molecule is CCCC/C=C\CCCO[C]=O. The van der Waals surface area contributed by atoms with Crippen LogP contribution < -0.4 is 0 Å². The Morgan fingerprint density at radius 2 is 1.92 bits per heavy atom. The van der Waals surface area contributed by atoms with Crippen molar-refractivity contribution in [3.8, 4) is 0 Å². The normalized spacial score (nSPS) is 10.4. The molecule has 0 aliphatic carbocycles. The topological polar surface area (TPSA) is 26.3 Å². The van der Waals surface area contributed by atoms with Crippen molar-refractivity contribution >= 4 is 6.47 Å². The van der Waals surface area contributed by atoms with Crippen LogP contribution in [-0.2, 0) is 9.53 Å². The second kappa shape index (κ2) is 10.2. The van der Waals surface area contributed by atoms with Gasteiger partial charge in [-0.25, -0.2) is 4.79 Å². The maximum atomic E-state index is 9.61. The largest absolute Gasteiger partial charge is 0.457 e. The molecule has 0 rings (SSSR count). The van der Waals surface area contributed by atoms with Crippen molar-refractivity contribution in [3.63, 3.8) is 0 Å². The van der Waals surface area contributed by atoms with E-state index in [1.165, 1.54) is 19.3 Å². The first-order chi connectivity index (χ1) is 5.91. The van der Waals surface area contributed by atoms with E-state index in [-0.39, 0.29) is 0 Å². The van der Waals surface area contributed by atoms with Gasteiger partial charge in [0.15, 0.2) is 0 Å². The van der Waals surface area contributed by atoms with Crippen molar-refractivity contribution in [2.45, 2.75) is 39.0 Å². The van der Waals surface area contributed by atoms with Crippen LogP contribution in [0.4, 0.5) is 0 Å². The van der Waals surface area contributed by atoms with Crippen molar-refractivity contribution in [2.75, 3.05) is 6.61 Å². The van der Waals surface area contributed by atoms with Crippen molar-refractivity contribution in [2.24, 2.45) is 0 Å². The van der Waals surface area contributed by atoms with Crippen molar-refractivity contribution in [1.82, 2.24) is 0 Å². The van der Waals surface area contributed by atoms with E-state index in [0.29, 0.717) is 6.61 Å². The van der Waals surface area contributed by atoms with Gasteiger partial charge in [-0.05, 0) is 19.3 Å². The Hall–Kier alpha value is -0.790. The van der Waals surface area contributed by atoms with Gasteiger partial charge in [0.05, 0.1) is 6.61 Å². The number of hydrogen-bond donors (Lipinski definition) is 0. The number of hydrogen-bond acceptors (Lipinski definition) is 2. The lowest BCUT2D eigenvalue weighted by Crippen LogP contribution is -1.89. The summed E-state index contributed by atoms with van der Waals surface area (Å²) in [4.78, 5) is 9.61. The smallest absolute Gasteiger partial charge is 0.417 e. The summed E-state index contributed by atoms with van der Waals surface area (Å²) in [7, 11) is 0. The lowest BCUT2D eigenvalue weighted by atomic mass is 10.2. The molecule has 0 aliphatic heterocycles. The molecule has 0 saturated heterocycles. The van der Waals surface area contributed by atoms with Crippen LogP contribution >= 0.6 is 0 Å². The van der Waals surface area contributed by atoms with E-state index in [2.05, 4.69) is 23.8 Å². The highest BCUT2D eigenvalue weighted by molar-refractivity contribution is 5.37. The van der Waals surface area contributed by atoms with Crippen LogP contribution in [-0.4, -0.2) is 13.1 Å². The molecule has 0 atom stereocenters. The monoisotopic (exact) mass is 169 g/mol. The minimum atomic E-state index is 0.488. The standard InChI is InChI=1S/C10H17O2/c1-2-3-4-5-6-7-8-9-12-10-11/h5-6H,2-4,7-9H2,1H3/b6-5-. The second-order valence-corrected chi connectivity index (χ2v) is 2.69. The van der Waals surface area contributed by atoms with Crippen LogP contribution in [0.25, 0.3) is 0 Å². The highest BCUT2D eigenvalue weighted by Crippen LogP contribution is 1.97. The molecule has 0 heterocycles. The van der Waals surface area contributed by atoms with Gasteiger partial charge >= 0.3 is 6.47 Å². The van der Waals surface area contributed by atoms with Gasteiger partial charge in [-0.1, -0.05) is 31.9 Å². The highest BCUT2D eigenvalue weighted by atomic mass is 16.5. The quantitative estimate of drug-likeness (QED) is 0.412. The first-order valence-electron chi connectivity index (χ1n) is 4.55. The van der Waals surface area contributed by atoms with Crippen LogP contribution in [0.15, 0.2) is 12.2 Å². The van der Waals surface area contributed by atoms with E-state index >= 15 is 0 Å². The Bertz CT molecular complexity index is 119. The molecule has 0 fully saturated rings. The average Bonchev–Trinajstić information content (AvgIpc) is 2.10. The van der Waals surface area contributed by atoms with Crippen LogP contribution in [0.2, 0.25) is 0 Å². The van der Waals surface area contributed by atoms with Crippen LogP contribution in [0.3, 0.4) is 0 Å². The molecule has 1 radical (unpaired) electrons. The molecule has 0 N–H and O–H groups in total. The van der Waals surface area contributed by atoms with E-state index in [1.54, 1.807) is 0 Å². The molecule has 0 saturated carbocycles. The van der Waals surface area contributed by atoms with Gasteiger partial charge in [0, 0.05) is 0 Å². The molecule has 0 aromatic carbocycles. The molecule has 0 aromatic heterocycles. The Labute approximate surface area is 74.6 Å². The van der Waals surface area contributed by atoms with E-state index in [0.717, 1.165) is 19.3 Å². The van der Waals surface area contributed by atoms with E-state index < -0.39 is 0 Å². The number of rotatable bonds is 8. The summed E-state index contributed by atoms with van der Waals surface area (Å²) in [5.41, 5.74) is 0. The Balaban J connectivity index is 2.97. The van der Waals surface area contributed by atoms with Crippen LogP contribution in [0, 0.1) is 0 Å². The fourth-order valence-electron chi connectivity index (χ4n) is 0.873. The summed E-state index contributed by atoms with van der Waals surface area (Å²) < 4.78 is 4.42. The third-order valence-electron chi connectivity index (χ3n) is 1.57. The molecular weight excluding hydrogens is 152 g/mol. The number of ether oxygens (including phenoxy) is 1. The Morgan fingerprint density at radius 1 is 1.25 bits per heavy atom. The summed E-state index contributed by atoms with van der Waals surface area (Å²) in [5, 5.41) is 0. The van der Waals surface area contributed by atoms with Gasteiger partial charge in [0.25, 0.3) is 0 Å². The maximum absolute atomic E-state index is 9.61. The number of carbonyl (C=O) groups excluding carboxylic acids is 1. The minimum Gasteiger partial charge on any atom is -0.457 e. The van der Waals surface area contributed by atoms with Crippen molar-refractivity contribution in [1.29, 1.82) is 0 Å². The second-order valence-electron chi connectivity index (χ2n) is 2.69. The fraction of sp³-hybridized carbons (Fsp3) is 0.700. The Morgan fingerprint density at radius 3 is 2.50 bits per heavy atom. The van der Waals surface area contributed by atoms with Gasteiger partial charge in [0.2, 0.25) is 0 Å². The molecule has 0 aliphatic rings. The van der Waals surface area contributed by atoms with Crippen molar-refractivity contribution in [3.05, 3.63) is 12.2 Å². The third kappa shape index (κ3) is 9.21. The first-order valence-corrected chi connectivity index (χ1v) is 4.55. The molecular formula is C10H17O2. The molecule has 69 valence electrons. The van der Waals surface area contributed by atoms with Crippen LogP contribution in [0.5, 0.6) is 0 Å². The zero-order valence-electron chi connectivity index (χ0n) is 7.71. The fourth-order valence-corrected chi connectivity index (χ4v) is 0.873. The average molecular weight is 169 g/mol. The van der Waals surface area contributed by atoms with Gasteiger partial charge in [-0.2, -0.15) is 0 Å². The molecule has 0 amide bonds. The number of allylic oxidation sites excluding steroid dienone is 2. The zero-order chi connectivity index (χ0) is 9.07. The van der Waals surface area contributed by atoms with Gasteiger partial charge < -0.3 is 4.74 Å². The molecule has 0 aromatic rings. The Kier molecular flexibility index (Phi) is 9.54. The summed E-state index contributed by atoms with van der Waals surface area (Å²) in [6.07, 6.45) is 9.89. The lowest BCUT2D eigenvalue weighted by molar-refractivity contribution is 0.274. The molecule has 2 heteroatoms. The zero-order valence-corrected chi connectivity index (χ0v) is 7.71. The molecule has 0 bridgehead atoms.